The number of rotatable bonds is 42. The summed E-state index contributed by atoms with van der Waals surface area (Å²) >= 11 is 0. The minimum Gasteiger partial charge on any atom is -0.480 e. The van der Waals surface area contributed by atoms with E-state index in [0.717, 1.165) is 57.8 Å². The molecule has 0 spiro atoms. The van der Waals surface area contributed by atoms with E-state index >= 15 is 0 Å². The topological polar surface area (TPSA) is 92.7 Å². The lowest BCUT2D eigenvalue weighted by Crippen LogP contribution is -2.28. The van der Waals surface area contributed by atoms with Crippen LogP contribution < -0.4 is 5.32 Å². The third kappa shape index (κ3) is 42.5. The molecule has 0 aliphatic rings. The number of hydrogen-bond donors (Lipinski definition) is 2. The predicted octanol–water partition coefficient (Wildman–Crippen LogP) is 14.3. The van der Waals surface area contributed by atoms with E-state index in [-0.39, 0.29) is 24.5 Å². The number of carbonyl (C=O) groups excluding carboxylic acids is 2. The van der Waals surface area contributed by atoms with Crippen molar-refractivity contribution in [3.8, 4) is 0 Å². The second kappa shape index (κ2) is 42.6. The molecule has 310 valence electrons. The number of carbonyl (C=O) groups is 3. The van der Waals surface area contributed by atoms with E-state index in [1.54, 1.807) is 0 Å². The number of esters is 1. The van der Waals surface area contributed by atoms with Crippen LogP contribution in [-0.2, 0) is 19.1 Å². The Morgan fingerprint density at radius 3 is 1.40 bits per heavy atom. The minimum atomic E-state index is -1.03. The van der Waals surface area contributed by atoms with Gasteiger partial charge in [-0.2, -0.15) is 0 Å². The fourth-order valence-corrected chi connectivity index (χ4v) is 6.94. The molecule has 0 fully saturated rings. The van der Waals surface area contributed by atoms with Gasteiger partial charge in [-0.3, -0.25) is 14.4 Å². The molecule has 0 aliphatic carbocycles. The molecule has 0 aromatic carbocycles. The second-order valence-electron chi connectivity index (χ2n) is 15.7. The van der Waals surface area contributed by atoms with Crippen LogP contribution in [0.2, 0.25) is 0 Å². The molecule has 0 aromatic heterocycles. The van der Waals surface area contributed by atoms with Gasteiger partial charge in [0.1, 0.15) is 12.6 Å². The SMILES string of the molecule is CCCCCC/C=C\C/C=C\C(CCCCCCC(=O)NCC(=O)O)OC(=O)CCCCCCCCCCCCCCCCCCCCCCCCC. The lowest BCUT2D eigenvalue weighted by atomic mass is 10.0. The van der Waals surface area contributed by atoms with Crippen molar-refractivity contribution in [3.05, 3.63) is 24.3 Å². The van der Waals surface area contributed by atoms with Crippen LogP contribution in [-0.4, -0.2) is 35.6 Å². The fraction of sp³-hybridized carbons (Fsp3) is 0.851. The van der Waals surface area contributed by atoms with Crippen LogP contribution in [0, 0.1) is 0 Å². The summed E-state index contributed by atoms with van der Waals surface area (Å²) in [5.74, 6) is -1.34. The van der Waals surface area contributed by atoms with Crippen molar-refractivity contribution in [2.24, 2.45) is 0 Å². The van der Waals surface area contributed by atoms with Crippen molar-refractivity contribution >= 4 is 17.8 Å². The number of hydrogen-bond acceptors (Lipinski definition) is 4. The third-order valence-electron chi connectivity index (χ3n) is 10.4. The average molecular weight is 746 g/mol. The van der Waals surface area contributed by atoms with E-state index < -0.39 is 5.97 Å². The van der Waals surface area contributed by atoms with Crippen LogP contribution in [0.1, 0.15) is 245 Å². The highest BCUT2D eigenvalue weighted by Crippen LogP contribution is 2.17. The Kier molecular flexibility index (Phi) is 40.9. The van der Waals surface area contributed by atoms with Gasteiger partial charge >= 0.3 is 11.9 Å². The normalized spacial score (nSPS) is 12.2. The second-order valence-corrected chi connectivity index (χ2v) is 15.7. The van der Waals surface area contributed by atoms with Crippen LogP contribution in [0.25, 0.3) is 0 Å². The molecule has 0 aliphatic heterocycles. The molecular formula is C47H87NO5. The van der Waals surface area contributed by atoms with Crippen LogP contribution in [0.5, 0.6) is 0 Å². The highest BCUT2D eigenvalue weighted by molar-refractivity contribution is 5.80. The van der Waals surface area contributed by atoms with Crippen molar-refractivity contribution in [2.45, 2.75) is 251 Å². The molecule has 53 heavy (non-hydrogen) atoms. The molecule has 0 radical (unpaired) electrons. The number of unbranched alkanes of at least 4 members (excludes halogenated alkanes) is 29. The van der Waals surface area contributed by atoms with Gasteiger partial charge in [0.15, 0.2) is 0 Å². The molecule has 1 amide bonds. The largest absolute Gasteiger partial charge is 0.480 e. The molecule has 0 aromatic rings. The molecular weight excluding hydrogens is 659 g/mol. The smallest absolute Gasteiger partial charge is 0.322 e. The Labute approximate surface area is 328 Å². The number of aliphatic carboxylic acids is 1. The highest BCUT2D eigenvalue weighted by atomic mass is 16.5. The molecule has 1 unspecified atom stereocenters. The van der Waals surface area contributed by atoms with E-state index in [0.29, 0.717) is 12.8 Å². The van der Waals surface area contributed by atoms with Gasteiger partial charge in [-0.05, 0) is 51.0 Å². The molecule has 0 heterocycles. The summed E-state index contributed by atoms with van der Waals surface area (Å²) in [5, 5.41) is 11.1. The summed E-state index contributed by atoms with van der Waals surface area (Å²) in [6, 6.07) is 0. The van der Waals surface area contributed by atoms with Gasteiger partial charge in [-0.25, -0.2) is 0 Å². The first-order chi connectivity index (χ1) is 26.0. The maximum Gasteiger partial charge on any atom is 0.322 e. The number of carboxylic acid groups (broad SMARTS) is 1. The Hall–Kier alpha value is -2.11. The van der Waals surface area contributed by atoms with E-state index in [9.17, 15) is 14.4 Å². The number of allylic oxidation sites excluding steroid dienone is 3. The van der Waals surface area contributed by atoms with Crippen molar-refractivity contribution in [3.63, 3.8) is 0 Å². The van der Waals surface area contributed by atoms with Crippen molar-refractivity contribution in [1.82, 2.24) is 5.32 Å². The first-order valence-electron chi connectivity index (χ1n) is 23.0. The minimum absolute atomic E-state index is 0.0929. The summed E-state index contributed by atoms with van der Waals surface area (Å²) in [5.41, 5.74) is 0. The predicted molar refractivity (Wildman–Crippen MR) is 226 cm³/mol. The van der Waals surface area contributed by atoms with Gasteiger partial charge in [0.05, 0.1) is 0 Å². The zero-order chi connectivity index (χ0) is 38.7. The van der Waals surface area contributed by atoms with E-state index in [4.69, 9.17) is 9.84 Å². The summed E-state index contributed by atoms with van der Waals surface area (Å²) in [6.45, 7) is 4.20. The summed E-state index contributed by atoms with van der Waals surface area (Å²) in [4.78, 5) is 35.0. The molecule has 2 N–H and O–H groups in total. The van der Waals surface area contributed by atoms with Crippen LogP contribution >= 0.6 is 0 Å². The molecule has 0 bridgehead atoms. The monoisotopic (exact) mass is 746 g/mol. The maximum atomic E-state index is 12.7. The van der Waals surface area contributed by atoms with Crippen molar-refractivity contribution in [1.29, 1.82) is 0 Å². The Morgan fingerprint density at radius 1 is 0.509 bits per heavy atom. The third-order valence-corrected chi connectivity index (χ3v) is 10.4. The summed E-state index contributed by atoms with van der Waals surface area (Å²) < 4.78 is 5.90. The van der Waals surface area contributed by atoms with E-state index in [1.165, 1.54) is 161 Å². The average Bonchev–Trinajstić information content (AvgIpc) is 3.14. The van der Waals surface area contributed by atoms with Crippen LogP contribution in [0.4, 0.5) is 0 Å². The van der Waals surface area contributed by atoms with Crippen LogP contribution in [0.3, 0.4) is 0 Å². The lowest BCUT2D eigenvalue weighted by Gasteiger charge is -2.14. The van der Waals surface area contributed by atoms with Gasteiger partial charge in [0.25, 0.3) is 0 Å². The van der Waals surface area contributed by atoms with Gasteiger partial charge in [-0.1, -0.05) is 205 Å². The van der Waals surface area contributed by atoms with E-state index in [1.807, 2.05) is 0 Å². The molecule has 0 rings (SSSR count). The summed E-state index contributed by atoms with van der Waals surface area (Å²) in [7, 11) is 0. The number of amides is 1. The zero-order valence-electron chi connectivity index (χ0n) is 35.1. The van der Waals surface area contributed by atoms with Gasteiger partial charge < -0.3 is 15.2 Å². The first kappa shape index (κ1) is 50.9. The molecule has 6 nitrogen and oxygen atoms in total. The standard InChI is InChI=1S/C47H87NO5/c1-3-5-7-9-11-13-14-15-16-17-18-19-20-21-22-23-24-25-26-28-30-32-38-42-47(52)53-44(39-35-31-29-27-12-10-8-6-4-2)40-36-33-34-37-41-45(49)48-43-46(50)51/h27,29,35,39,44H,3-26,28,30-34,36-38,40-43H2,1-2H3,(H,48,49)(H,50,51)/b29-27-,39-35-. The maximum absolute atomic E-state index is 12.7. The zero-order valence-corrected chi connectivity index (χ0v) is 35.1. The highest BCUT2D eigenvalue weighted by Gasteiger charge is 2.12. The van der Waals surface area contributed by atoms with Crippen LogP contribution in [0.15, 0.2) is 24.3 Å². The quantitative estimate of drug-likeness (QED) is 0.0369. The first-order valence-corrected chi connectivity index (χ1v) is 23.0. The van der Waals surface area contributed by atoms with E-state index in [2.05, 4.69) is 43.5 Å². The van der Waals surface area contributed by atoms with Gasteiger partial charge in [0.2, 0.25) is 5.91 Å². The van der Waals surface area contributed by atoms with Crippen molar-refractivity contribution < 1.29 is 24.2 Å². The number of nitrogens with one attached hydrogen (secondary N) is 1. The molecule has 0 saturated heterocycles. The number of carboxylic acids is 1. The summed E-state index contributed by atoms with van der Waals surface area (Å²) in [6.07, 6.45) is 52.0. The van der Waals surface area contributed by atoms with Gasteiger partial charge in [-0.15, -0.1) is 0 Å². The molecule has 0 saturated carbocycles. The van der Waals surface area contributed by atoms with Crippen molar-refractivity contribution in [2.75, 3.05) is 6.54 Å². The molecule has 6 heteroatoms. The number of ether oxygens (including phenoxy) is 1. The Bertz CT molecular complexity index is 869. The lowest BCUT2D eigenvalue weighted by molar-refractivity contribution is -0.147. The Morgan fingerprint density at radius 2 is 0.925 bits per heavy atom. The van der Waals surface area contributed by atoms with Gasteiger partial charge in [0, 0.05) is 12.8 Å². The Balaban J connectivity index is 3.94. The fourth-order valence-electron chi connectivity index (χ4n) is 6.94. The molecule has 1 atom stereocenters.